The number of nitrogens with zero attached hydrogens (tertiary/aromatic N) is 3. The molecule has 0 aliphatic rings. The van der Waals surface area contributed by atoms with E-state index in [1.165, 1.54) is 18.5 Å². The van der Waals surface area contributed by atoms with Gasteiger partial charge in [-0.25, -0.2) is 9.97 Å². The van der Waals surface area contributed by atoms with Gasteiger partial charge in [-0.1, -0.05) is 0 Å². The quantitative estimate of drug-likeness (QED) is 0.624. The van der Waals surface area contributed by atoms with Crippen LogP contribution >= 0.6 is 0 Å². The van der Waals surface area contributed by atoms with E-state index in [1.807, 2.05) is 6.92 Å². The third-order valence-electron chi connectivity index (χ3n) is 2.62. The predicted molar refractivity (Wildman–Crippen MR) is 73.4 cm³/mol. The number of nitrogens with one attached hydrogen (secondary N) is 2. The average Bonchev–Trinajstić information content (AvgIpc) is 2.44. The third-order valence-corrected chi connectivity index (χ3v) is 2.62. The number of benzene rings is 1. The molecule has 0 unspecified atom stereocenters. The highest BCUT2D eigenvalue weighted by atomic mass is 16.6. The van der Waals surface area contributed by atoms with Gasteiger partial charge >= 0.3 is 0 Å². The first-order valence-electron chi connectivity index (χ1n) is 6.01. The van der Waals surface area contributed by atoms with Gasteiger partial charge in [0.05, 0.1) is 17.0 Å². The van der Waals surface area contributed by atoms with Crippen molar-refractivity contribution in [1.82, 2.24) is 15.3 Å². The summed E-state index contributed by atoms with van der Waals surface area (Å²) in [6.07, 6.45) is 1.34. The Kier molecular flexibility index (Phi) is 4.04. The second-order valence-corrected chi connectivity index (χ2v) is 3.99. The predicted octanol–water partition coefficient (Wildman–Crippen LogP) is 1.09. The van der Waals surface area contributed by atoms with E-state index in [0.717, 1.165) is 0 Å². The standard InChI is InChI=1S/C12H13N5O3/c1-2-13-11(18)6-14-12-9-5-8(17(19)20)3-4-10(9)15-7-16-12/h3-5,7H,2,6H2,1H3,(H,13,18)(H,14,15,16). The number of hydrogen-bond acceptors (Lipinski definition) is 6. The summed E-state index contributed by atoms with van der Waals surface area (Å²) >= 11 is 0. The molecule has 104 valence electrons. The Hall–Kier alpha value is -2.77. The lowest BCUT2D eigenvalue weighted by atomic mass is 10.2. The smallest absolute Gasteiger partial charge is 0.270 e. The molecule has 1 aromatic carbocycles. The highest BCUT2D eigenvalue weighted by molar-refractivity contribution is 5.92. The zero-order chi connectivity index (χ0) is 14.5. The van der Waals surface area contributed by atoms with E-state index < -0.39 is 4.92 Å². The van der Waals surface area contributed by atoms with Gasteiger partial charge in [-0.2, -0.15) is 0 Å². The summed E-state index contributed by atoms with van der Waals surface area (Å²) in [5.74, 6) is 0.217. The van der Waals surface area contributed by atoms with Crippen molar-refractivity contribution in [3.63, 3.8) is 0 Å². The largest absolute Gasteiger partial charge is 0.360 e. The van der Waals surface area contributed by atoms with Crippen molar-refractivity contribution in [3.05, 3.63) is 34.6 Å². The molecule has 0 atom stereocenters. The molecule has 8 nitrogen and oxygen atoms in total. The Morgan fingerprint density at radius 2 is 2.20 bits per heavy atom. The van der Waals surface area contributed by atoms with Crippen molar-refractivity contribution in [1.29, 1.82) is 0 Å². The second-order valence-electron chi connectivity index (χ2n) is 3.99. The summed E-state index contributed by atoms with van der Waals surface area (Å²) < 4.78 is 0. The molecule has 1 heterocycles. The molecule has 0 fully saturated rings. The first-order chi connectivity index (χ1) is 9.61. The molecule has 1 amide bonds. The number of likely N-dealkylation sites (N-methyl/N-ethyl adjacent to an activating group) is 1. The van der Waals surface area contributed by atoms with Crippen molar-refractivity contribution in [2.45, 2.75) is 6.92 Å². The number of rotatable bonds is 5. The van der Waals surface area contributed by atoms with Crippen molar-refractivity contribution >= 4 is 28.3 Å². The molecule has 2 N–H and O–H groups in total. The first kappa shape index (κ1) is 13.7. The lowest BCUT2D eigenvalue weighted by Crippen LogP contribution is -2.29. The van der Waals surface area contributed by atoms with Crippen molar-refractivity contribution in [2.24, 2.45) is 0 Å². The summed E-state index contributed by atoms with van der Waals surface area (Å²) in [5.41, 5.74) is 0.525. The van der Waals surface area contributed by atoms with Gasteiger partial charge in [0.1, 0.15) is 12.1 Å². The molecule has 1 aromatic heterocycles. The Balaban J connectivity index is 2.30. The zero-order valence-electron chi connectivity index (χ0n) is 10.8. The minimum atomic E-state index is -0.486. The van der Waals surface area contributed by atoms with Crippen LogP contribution < -0.4 is 10.6 Å². The van der Waals surface area contributed by atoms with Gasteiger partial charge in [-0.3, -0.25) is 14.9 Å². The minimum Gasteiger partial charge on any atom is -0.360 e. The number of non-ortho nitro benzene ring substituents is 1. The molecular formula is C12H13N5O3. The van der Waals surface area contributed by atoms with Crippen LogP contribution in [0.25, 0.3) is 10.9 Å². The van der Waals surface area contributed by atoms with Crippen LogP contribution in [0, 0.1) is 10.1 Å². The SMILES string of the molecule is CCNC(=O)CNc1ncnc2ccc([N+](=O)[O-])cc12. The van der Waals surface area contributed by atoms with Gasteiger partial charge in [-0.15, -0.1) is 0 Å². The van der Waals surface area contributed by atoms with Gasteiger partial charge in [0.2, 0.25) is 5.91 Å². The number of carbonyl (C=O) groups is 1. The van der Waals surface area contributed by atoms with E-state index in [-0.39, 0.29) is 18.1 Å². The van der Waals surface area contributed by atoms with E-state index in [9.17, 15) is 14.9 Å². The van der Waals surface area contributed by atoms with Crippen LogP contribution in [0.1, 0.15) is 6.92 Å². The average molecular weight is 275 g/mol. The molecule has 2 aromatic rings. The maximum absolute atomic E-state index is 11.4. The van der Waals surface area contributed by atoms with Crippen LogP contribution in [0.5, 0.6) is 0 Å². The number of fused-ring (bicyclic) bond motifs is 1. The number of carbonyl (C=O) groups excluding carboxylic acids is 1. The number of hydrogen-bond donors (Lipinski definition) is 2. The fourth-order valence-electron chi connectivity index (χ4n) is 1.72. The highest BCUT2D eigenvalue weighted by Gasteiger charge is 2.11. The Morgan fingerprint density at radius 1 is 1.40 bits per heavy atom. The molecule has 0 saturated carbocycles. The molecule has 0 aliphatic heterocycles. The molecule has 0 saturated heterocycles. The van der Waals surface area contributed by atoms with Crippen LogP contribution in [0.15, 0.2) is 24.5 Å². The van der Waals surface area contributed by atoms with Gasteiger partial charge in [-0.05, 0) is 13.0 Å². The van der Waals surface area contributed by atoms with Crippen LogP contribution in [0.4, 0.5) is 11.5 Å². The normalized spacial score (nSPS) is 10.2. The molecule has 0 bridgehead atoms. The molecule has 0 aliphatic carbocycles. The molecule has 8 heteroatoms. The van der Waals surface area contributed by atoms with E-state index in [1.54, 1.807) is 6.07 Å². The molecule has 0 spiro atoms. The number of aromatic nitrogens is 2. The van der Waals surface area contributed by atoms with Gasteiger partial charge in [0.15, 0.2) is 0 Å². The number of nitro groups is 1. The molecule has 0 radical (unpaired) electrons. The Labute approximate surface area is 114 Å². The van der Waals surface area contributed by atoms with Gasteiger partial charge < -0.3 is 10.6 Å². The maximum Gasteiger partial charge on any atom is 0.270 e. The van der Waals surface area contributed by atoms with Crippen molar-refractivity contribution in [3.8, 4) is 0 Å². The highest BCUT2D eigenvalue weighted by Crippen LogP contribution is 2.23. The molecular weight excluding hydrogens is 262 g/mol. The summed E-state index contributed by atoms with van der Waals surface area (Å²) in [6.45, 7) is 2.40. The topological polar surface area (TPSA) is 110 Å². The lowest BCUT2D eigenvalue weighted by molar-refractivity contribution is -0.384. The van der Waals surface area contributed by atoms with Gasteiger partial charge in [0, 0.05) is 24.1 Å². The summed E-state index contributed by atoms with van der Waals surface area (Å²) in [5, 5.41) is 16.8. The van der Waals surface area contributed by atoms with E-state index in [0.29, 0.717) is 23.3 Å². The molecule has 2 rings (SSSR count). The van der Waals surface area contributed by atoms with Crippen LogP contribution in [-0.4, -0.2) is 33.9 Å². The minimum absolute atomic E-state index is 0.0443. The summed E-state index contributed by atoms with van der Waals surface area (Å²) in [6, 6.07) is 4.31. The van der Waals surface area contributed by atoms with Crippen molar-refractivity contribution < 1.29 is 9.72 Å². The first-order valence-corrected chi connectivity index (χ1v) is 6.01. The fraction of sp³-hybridized carbons (Fsp3) is 0.250. The third kappa shape index (κ3) is 2.97. The molecule has 20 heavy (non-hydrogen) atoms. The Bertz CT molecular complexity index is 659. The number of amides is 1. The summed E-state index contributed by atoms with van der Waals surface area (Å²) in [7, 11) is 0. The lowest BCUT2D eigenvalue weighted by Gasteiger charge is -2.07. The van der Waals surface area contributed by atoms with Gasteiger partial charge in [0.25, 0.3) is 5.69 Å². The zero-order valence-corrected chi connectivity index (χ0v) is 10.8. The van der Waals surface area contributed by atoms with Crippen LogP contribution in [0.2, 0.25) is 0 Å². The van der Waals surface area contributed by atoms with Crippen LogP contribution in [-0.2, 0) is 4.79 Å². The Morgan fingerprint density at radius 3 is 2.90 bits per heavy atom. The van der Waals surface area contributed by atoms with Crippen LogP contribution in [0.3, 0.4) is 0 Å². The number of nitro benzene ring substituents is 1. The fourth-order valence-corrected chi connectivity index (χ4v) is 1.72. The maximum atomic E-state index is 11.4. The van der Waals surface area contributed by atoms with Crippen molar-refractivity contribution in [2.75, 3.05) is 18.4 Å². The summed E-state index contributed by atoms with van der Waals surface area (Å²) in [4.78, 5) is 29.7. The second kappa shape index (κ2) is 5.91. The van der Waals surface area contributed by atoms with E-state index >= 15 is 0 Å². The van der Waals surface area contributed by atoms with E-state index in [2.05, 4.69) is 20.6 Å². The monoisotopic (exact) mass is 275 g/mol. The van der Waals surface area contributed by atoms with E-state index in [4.69, 9.17) is 0 Å². The number of anilines is 1.